The molecule has 0 radical (unpaired) electrons. The molecule has 2 fully saturated rings. The number of morpholine rings is 1. The lowest BCUT2D eigenvalue weighted by Crippen LogP contribution is -2.56. The maximum atomic E-state index is 14.3. The number of ether oxygens (including phenoxy) is 1. The first kappa shape index (κ1) is 15.1. The number of hydrogen-bond acceptors (Lipinski definition) is 3. The molecule has 1 aromatic carbocycles. The topological polar surface area (TPSA) is 29.5 Å². The van der Waals surface area contributed by atoms with Crippen molar-refractivity contribution < 1.29 is 13.9 Å². The molecule has 0 spiro atoms. The van der Waals surface area contributed by atoms with Crippen LogP contribution < -0.4 is 0 Å². The molecule has 114 valence electrons. The summed E-state index contributed by atoms with van der Waals surface area (Å²) in [6.07, 6.45) is 3.69. The minimum atomic E-state index is -0.536. The van der Waals surface area contributed by atoms with Crippen LogP contribution in [0.4, 0.5) is 4.39 Å². The zero-order valence-corrected chi connectivity index (χ0v) is 13.5. The van der Waals surface area contributed by atoms with E-state index >= 15 is 0 Å². The van der Waals surface area contributed by atoms with E-state index in [1.807, 2.05) is 0 Å². The lowest BCUT2D eigenvalue weighted by molar-refractivity contribution is -0.0131. The summed E-state index contributed by atoms with van der Waals surface area (Å²) in [5.41, 5.74) is -0.330. The summed E-state index contributed by atoms with van der Waals surface area (Å²) in [5.74, 6) is -0.511. The quantitative estimate of drug-likeness (QED) is 0.778. The standard InChI is InChI=1S/C16H19BrFNO2/c17-13-5-3-4-12(14(13)18)15(20)16(6-1-2-7-16)19-8-10-21-11-9-19/h3-5H,1-2,6-11H2. The Balaban J connectivity index is 1.96. The molecule has 1 saturated carbocycles. The molecule has 0 unspecified atom stereocenters. The third kappa shape index (κ3) is 2.67. The van der Waals surface area contributed by atoms with Crippen LogP contribution in [0.1, 0.15) is 36.0 Å². The van der Waals surface area contributed by atoms with Crippen LogP contribution >= 0.6 is 15.9 Å². The predicted molar refractivity (Wildman–Crippen MR) is 82.0 cm³/mol. The summed E-state index contributed by atoms with van der Waals surface area (Å²) in [6, 6.07) is 4.95. The lowest BCUT2D eigenvalue weighted by atomic mass is 9.85. The van der Waals surface area contributed by atoms with Crippen molar-refractivity contribution in [2.45, 2.75) is 31.2 Å². The van der Waals surface area contributed by atoms with Gasteiger partial charge in [-0.25, -0.2) is 4.39 Å². The van der Waals surface area contributed by atoms with E-state index in [9.17, 15) is 9.18 Å². The van der Waals surface area contributed by atoms with Crippen molar-refractivity contribution in [3.05, 3.63) is 34.1 Å². The van der Waals surface area contributed by atoms with Gasteiger partial charge in [0.25, 0.3) is 0 Å². The predicted octanol–water partition coefficient (Wildman–Crippen LogP) is 3.42. The van der Waals surface area contributed by atoms with Crippen LogP contribution in [0, 0.1) is 5.82 Å². The van der Waals surface area contributed by atoms with Crippen LogP contribution in [0.5, 0.6) is 0 Å². The molecule has 21 heavy (non-hydrogen) atoms. The Hall–Kier alpha value is -0.780. The van der Waals surface area contributed by atoms with Gasteiger partial charge in [0.1, 0.15) is 5.82 Å². The molecule has 0 N–H and O–H groups in total. The Morgan fingerprint density at radius 1 is 1.24 bits per heavy atom. The number of benzene rings is 1. The highest BCUT2D eigenvalue weighted by molar-refractivity contribution is 9.10. The molecule has 3 rings (SSSR count). The average Bonchev–Trinajstić information content (AvgIpc) is 3.01. The maximum Gasteiger partial charge on any atom is 0.186 e. The number of ketones is 1. The second-order valence-electron chi connectivity index (χ2n) is 5.77. The average molecular weight is 356 g/mol. The smallest absolute Gasteiger partial charge is 0.186 e. The lowest BCUT2D eigenvalue weighted by Gasteiger charge is -2.42. The number of carbonyl (C=O) groups excluding carboxylic acids is 1. The summed E-state index contributed by atoms with van der Waals surface area (Å²) >= 11 is 3.18. The molecular weight excluding hydrogens is 337 g/mol. The minimum Gasteiger partial charge on any atom is -0.379 e. The van der Waals surface area contributed by atoms with Crippen molar-refractivity contribution in [1.29, 1.82) is 0 Å². The van der Waals surface area contributed by atoms with E-state index in [0.29, 0.717) is 17.7 Å². The minimum absolute atomic E-state index is 0.0688. The van der Waals surface area contributed by atoms with E-state index in [2.05, 4.69) is 20.8 Å². The van der Waals surface area contributed by atoms with Crippen molar-refractivity contribution in [3.8, 4) is 0 Å². The number of halogens is 2. The van der Waals surface area contributed by atoms with E-state index in [1.165, 1.54) is 0 Å². The molecule has 3 nitrogen and oxygen atoms in total. The Kier molecular flexibility index (Phi) is 4.43. The van der Waals surface area contributed by atoms with E-state index in [1.54, 1.807) is 18.2 Å². The molecule has 1 heterocycles. The second kappa shape index (κ2) is 6.15. The molecule has 1 aliphatic heterocycles. The second-order valence-corrected chi connectivity index (χ2v) is 6.62. The van der Waals surface area contributed by atoms with Crippen molar-refractivity contribution in [2.24, 2.45) is 0 Å². The highest BCUT2D eigenvalue weighted by Crippen LogP contribution is 2.39. The van der Waals surface area contributed by atoms with Crippen molar-refractivity contribution in [3.63, 3.8) is 0 Å². The fourth-order valence-corrected chi connectivity index (χ4v) is 3.93. The number of hydrogen-bond donors (Lipinski definition) is 0. The summed E-state index contributed by atoms with van der Waals surface area (Å²) in [7, 11) is 0. The third-order valence-electron chi connectivity index (χ3n) is 4.67. The van der Waals surface area contributed by atoms with Gasteiger partial charge in [0.2, 0.25) is 0 Å². The van der Waals surface area contributed by atoms with E-state index in [4.69, 9.17) is 4.74 Å². The summed E-state index contributed by atoms with van der Waals surface area (Å²) in [6.45, 7) is 2.80. The van der Waals surface area contributed by atoms with Gasteiger partial charge >= 0.3 is 0 Å². The zero-order chi connectivity index (χ0) is 14.9. The molecule has 0 amide bonds. The number of rotatable bonds is 3. The van der Waals surface area contributed by atoms with Crippen molar-refractivity contribution >= 4 is 21.7 Å². The van der Waals surface area contributed by atoms with Gasteiger partial charge in [0.05, 0.1) is 28.8 Å². The van der Waals surface area contributed by atoms with Gasteiger partial charge in [-0.3, -0.25) is 9.69 Å². The van der Waals surface area contributed by atoms with Crippen LogP contribution in [0.3, 0.4) is 0 Å². The first-order chi connectivity index (χ1) is 10.1. The molecular formula is C16H19BrFNO2. The van der Waals surface area contributed by atoms with Gasteiger partial charge in [0.15, 0.2) is 5.78 Å². The first-order valence-corrected chi connectivity index (χ1v) is 8.26. The van der Waals surface area contributed by atoms with Gasteiger partial charge in [0, 0.05) is 13.1 Å². The van der Waals surface area contributed by atoms with Gasteiger partial charge in [-0.2, -0.15) is 0 Å². The van der Waals surface area contributed by atoms with E-state index in [-0.39, 0.29) is 11.3 Å². The molecule has 0 aromatic heterocycles. The van der Waals surface area contributed by atoms with Crippen LogP contribution in [-0.4, -0.2) is 42.5 Å². The Morgan fingerprint density at radius 3 is 2.57 bits per heavy atom. The summed E-state index contributed by atoms with van der Waals surface area (Å²) in [4.78, 5) is 15.3. The van der Waals surface area contributed by atoms with Crippen LogP contribution in [0.25, 0.3) is 0 Å². The highest BCUT2D eigenvalue weighted by atomic mass is 79.9. The molecule has 1 aliphatic carbocycles. The SMILES string of the molecule is O=C(c1cccc(Br)c1F)C1(N2CCOCC2)CCCC1. The Morgan fingerprint density at radius 2 is 1.90 bits per heavy atom. The van der Waals surface area contributed by atoms with Gasteiger partial charge in [-0.15, -0.1) is 0 Å². The fourth-order valence-electron chi connectivity index (χ4n) is 3.57. The van der Waals surface area contributed by atoms with Crippen LogP contribution in [0.15, 0.2) is 22.7 Å². The first-order valence-electron chi connectivity index (χ1n) is 7.47. The fraction of sp³-hybridized carbons (Fsp3) is 0.562. The van der Waals surface area contributed by atoms with Crippen molar-refractivity contribution in [2.75, 3.05) is 26.3 Å². The van der Waals surface area contributed by atoms with E-state index in [0.717, 1.165) is 38.8 Å². The third-order valence-corrected chi connectivity index (χ3v) is 5.28. The Bertz CT molecular complexity index is 537. The molecule has 5 heteroatoms. The van der Waals surface area contributed by atoms with Gasteiger partial charge in [-0.05, 0) is 40.9 Å². The summed E-state index contributed by atoms with van der Waals surface area (Å²) in [5, 5.41) is 0. The van der Waals surface area contributed by atoms with E-state index < -0.39 is 11.4 Å². The largest absolute Gasteiger partial charge is 0.379 e. The number of carbonyl (C=O) groups is 1. The highest BCUT2D eigenvalue weighted by Gasteiger charge is 2.47. The molecule has 1 saturated heterocycles. The zero-order valence-electron chi connectivity index (χ0n) is 11.9. The monoisotopic (exact) mass is 355 g/mol. The van der Waals surface area contributed by atoms with Crippen LogP contribution in [-0.2, 0) is 4.74 Å². The van der Waals surface area contributed by atoms with Crippen molar-refractivity contribution in [1.82, 2.24) is 4.90 Å². The molecule has 2 aliphatic rings. The Labute approximate surface area is 132 Å². The molecule has 1 aromatic rings. The van der Waals surface area contributed by atoms with Crippen LogP contribution in [0.2, 0.25) is 0 Å². The summed E-state index contributed by atoms with van der Waals surface area (Å²) < 4.78 is 20.1. The molecule has 0 bridgehead atoms. The maximum absolute atomic E-state index is 14.3. The van der Waals surface area contributed by atoms with Gasteiger partial charge < -0.3 is 4.74 Å². The molecule has 0 atom stereocenters. The van der Waals surface area contributed by atoms with Gasteiger partial charge in [-0.1, -0.05) is 18.9 Å². The number of nitrogens with zero attached hydrogens (tertiary/aromatic N) is 1. The normalized spacial score (nSPS) is 22.4. The number of Topliss-reactive ketones (excluding diaryl/α,β-unsaturated/α-hetero) is 1.